The van der Waals surface area contributed by atoms with E-state index >= 15 is 0 Å². The highest BCUT2D eigenvalue weighted by Gasteiger charge is 2.26. The summed E-state index contributed by atoms with van der Waals surface area (Å²) >= 11 is 0. The maximum absolute atomic E-state index is 11.0. The largest absolute Gasteiger partial charge is 0.388 e. The lowest BCUT2D eigenvalue weighted by Gasteiger charge is -2.11. The molecule has 4 nitrogen and oxygen atoms in total. The summed E-state index contributed by atoms with van der Waals surface area (Å²) in [7, 11) is 0. The highest BCUT2D eigenvalue weighted by atomic mass is 16.3. The molecule has 1 heterocycles. The van der Waals surface area contributed by atoms with E-state index in [1.165, 1.54) is 0 Å². The Hall–Kier alpha value is -1.16. The van der Waals surface area contributed by atoms with Gasteiger partial charge in [-0.25, -0.2) is 0 Å². The van der Waals surface area contributed by atoms with E-state index in [4.69, 9.17) is 0 Å². The number of hydrogen-bond acceptors (Lipinski definition) is 3. The quantitative estimate of drug-likeness (QED) is 0.604. The van der Waals surface area contributed by atoms with Crippen molar-refractivity contribution in [3.05, 3.63) is 11.6 Å². The van der Waals surface area contributed by atoms with E-state index in [0.29, 0.717) is 12.3 Å². The van der Waals surface area contributed by atoms with Crippen LogP contribution in [-0.2, 0) is 9.59 Å². The van der Waals surface area contributed by atoms with E-state index in [0.717, 1.165) is 6.08 Å². The minimum absolute atomic E-state index is 0.179. The molecule has 13 heavy (non-hydrogen) atoms. The van der Waals surface area contributed by atoms with E-state index in [2.05, 4.69) is 5.32 Å². The Balaban J connectivity index is 2.66. The van der Waals surface area contributed by atoms with Gasteiger partial charge in [0.15, 0.2) is 0 Å². The predicted octanol–water partition coefficient (Wildman–Crippen LogP) is -0.0238. The van der Waals surface area contributed by atoms with Crippen LogP contribution in [0.1, 0.15) is 20.3 Å². The predicted molar refractivity (Wildman–Crippen MR) is 46.7 cm³/mol. The zero-order valence-corrected chi connectivity index (χ0v) is 7.70. The molecule has 2 N–H and O–H groups in total. The second kappa shape index (κ2) is 3.70. The number of rotatable bonds is 3. The molecule has 1 aliphatic heterocycles. The van der Waals surface area contributed by atoms with Gasteiger partial charge in [-0.1, -0.05) is 13.8 Å². The van der Waals surface area contributed by atoms with Gasteiger partial charge in [-0.05, 0) is 12.3 Å². The molecule has 4 heteroatoms. The zero-order chi connectivity index (χ0) is 10.0. The van der Waals surface area contributed by atoms with Crippen molar-refractivity contribution < 1.29 is 14.7 Å². The van der Waals surface area contributed by atoms with Gasteiger partial charge in [-0.15, -0.1) is 0 Å². The molecule has 0 radical (unpaired) electrons. The summed E-state index contributed by atoms with van der Waals surface area (Å²) in [6, 6.07) is 0. The molecule has 1 aliphatic rings. The molecule has 2 amide bonds. The first-order chi connectivity index (χ1) is 6.00. The van der Waals surface area contributed by atoms with E-state index in [-0.39, 0.29) is 5.57 Å². The van der Waals surface area contributed by atoms with Crippen LogP contribution < -0.4 is 5.32 Å². The van der Waals surface area contributed by atoms with Crippen molar-refractivity contribution >= 4 is 11.8 Å². The van der Waals surface area contributed by atoms with Crippen LogP contribution in [0.2, 0.25) is 0 Å². The number of aliphatic hydroxyl groups excluding tert-OH is 1. The normalized spacial score (nSPS) is 18.9. The average molecular weight is 183 g/mol. The molecule has 1 rings (SSSR count). The van der Waals surface area contributed by atoms with Gasteiger partial charge in [-0.3, -0.25) is 14.9 Å². The third kappa shape index (κ3) is 2.39. The van der Waals surface area contributed by atoms with Crippen LogP contribution >= 0.6 is 0 Å². The minimum Gasteiger partial charge on any atom is -0.388 e. The van der Waals surface area contributed by atoms with Crippen molar-refractivity contribution in [2.45, 2.75) is 26.4 Å². The number of carbonyl (C=O) groups excluding carboxylic acids is 2. The van der Waals surface area contributed by atoms with Crippen LogP contribution in [0, 0.1) is 5.92 Å². The second-order valence-corrected chi connectivity index (χ2v) is 3.56. The molecule has 0 saturated heterocycles. The molecule has 0 spiro atoms. The SMILES string of the molecule is CC(C)CC(O)C1=CC(=O)NC1=O. The van der Waals surface area contributed by atoms with Crippen molar-refractivity contribution in [2.75, 3.05) is 0 Å². The van der Waals surface area contributed by atoms with Crippen molar-refractivity contribution in [2.24, 2.45) is 5.92 Å². The summed E-state index contributed by atoms with van der Waals surface area (Å²) in [5.74, 6) is -0.625. The molecular formula is C9H13NO3. The van der Waals surface area contributed by atoms with Crippen molar-refractivity contribution in [3.8, 4) is 0 Å². The Labute approximate surface area is 76.6 Å². The lowest BCUT2D eigenvalue weighted by molar-refractivity contribution is -0.124. The molecule has 0 aromatic rings. The number of hydrogen-bond donors (Lipinski definition) is 2. The van der Waals surface area contributed by atoms with Gasteiger partial charge < -0.3 is 5.11 Å². The molecule has 0 bridgehead atoms. The Kier molecular flexibility index (Phi) is 2.83. The Morgan fingerprint density at radius 3 is 2.46 bits per heavy atom. The van der Waals surface area contributed by atoms with Gasteiger partial charge in [0.2, 0.25) is 0 Å². The molecule has 0 fully saturated rings. The van der Waals surface area contributed by atoms with Gasteiger partial charge in [0.25, 0.3) is 11.8 Å². The summed E-state index contributed by atoms with van der Waals surface area (Å²) in [6.07, 6.45) is 0.827. The molecule has 0 saturated carbocycles. The molecule has 0 aromatic heterocycles. The highest BCUT2D eigenvalue weighted by molar-refractivity contribution is 6.16. The molecule has 1 unspecified atom stereocenters. The van der Waals surface area contributed by atoms with Crippen molar-refractivity contribution in [3.63, 3.8) is 0 Å². The molecular weight excluding hydrogens is 170 g/mol. The number of aliphatic hydroxyl groups is 1. The maximum atomic E-state index is 11.0. The Bertz CT molecular complexity index is 268. The summed E-state index contributed by atoms with van der Waals surface area (Å²) in [6.45, 7) is 3.89. The van der Waals surface area contributed by atoms with Crippen LogP contribution in [0.3, 0.4) is 0 Å². The van der Waals surface area contributed by atoms with Gasteiger partial charge >= 0.3 is 0 Å². The van der Waals surface area contributed by atoms with Crippen LogP contribution in [0.25, 0.3) is 0 Å². The fraction of sp³-hybridized carbons (Fsp3) is 0.556. The van der Waals surface area contributed by atoms with Gasteiger partial charge in [0.1, 0.15) is 0 Å². The number of amides is 2. The highest BCUT2D eigenvalue weighted by Crippen LogP contribution is 2.15. The first-order valence-electron chi connectivity index (χ1n) is 4.25. The summed E-state index contributed by atoms with van der Waals surface area (Å²) in [4.78, 5) is 21.8. The molecule has 0 aliphatic carbocycles. The summed E-state index contributed by atoms with van der Waals surface area (Å²) in [5.41, 5.74) is 0.179. The first-order valence-corrected chi connectivity index (χ1v) is 4.25. The molecule has 0 aromatic carbocycles. The minimum atomic E-state index is -0.827. The van der Waals surface area contributed by atoms with Crippen LogP contribution in [-0.4, -0.2) is 23.0 Å². The maximum Gasteiger partial charge on any atom is 0.256 e. The van der Waals surface area contributed by atoms with Crippen molar-refractivity contribution in [1.29, 1.82) is 0 Å². The zero-order valence-electron chi connectivity index (χ0n) is 7.70. The molecule has 1 atom stereocenters. The fourth-order valence-electron chi connectivity index (χ4n) is 1.25. The monoisotopic (exact) mass is 183 g/mol. The summed E-state index contributed by atoms with van der Waals surface area (Å²) < 4.78 is 0. The van der Waals surface area contributed by atoms with E-state index in [1.54, 1.807) is 0 Å². The Morgan fingerprint density at radius 2 is 2.08 bits per heavy atom. The van der Waals surface area contributed by atoms with Gasteiger partial charge in [0.05, 0.1) is 11.7 Å². The first kappa shape index (κ1) is 9.92. The van der Waals surface area contributed by atoms with Gasteiger partial charge in [0, 0.05) is 6.08 Å². The van der Waals surface area contributed by atoms with E-state index in [9.17, 15) is 14.7 Å². The third-order valence-corrected chi connectivity index (χ3v) is 1.84. The van der Waals surface area contributed by atoms with Crippen LogP contribution in [0.15, 0.2) is 11.6 Å². The lowest BCUT2D eigenvalue weighted by Crippen LogP contribution is -2.26. The summed E-state index contributed by atoms with van der Waals surface area (Å²) in [5, 5.41) is 11.6. The van der Waals surface area contributed by atoms with E-state index < -0.39 is 17.9 Å². The lowest BCUT2D eigenvalue weighted by atomic mass is 10.00. The smallest absolute Gasteiger partial charge is 0.256 e. The van der Waals surface area contributed by atoms with Crippen LogP contribution in [0.5, 0.6) is 0 Å². The van der Waals surface area contributed by atoms with Crippen LogP contribution in [0.4, 0.5) is 0 Å². The molecule has 72 valence electrons. The second-order valence-electron chi connectivity index (χ2n) is 3.56. The number of imide groups is 1. The fourth-order valence-corrected chi connectivity index (χ4v) is 1.25. The van der Waals surface area contributed by atoms with E-state index in [1.807, 2.05) is 13.8 Å². The number of carbonyl (C=O) groups is 2. The van der Waals surface area contributed by atoms with Crippen molar-refractivity contribution in [1.82, 2.24) is 5.32 Å². The topological polar surface area (TPSA) is 66.4 Å². The average Bonchev–Trinajstić information content (AvgIpc) is 2.28. The Morgan fingerprint density at radius 1 is 1.46 bits per heavy atom. The van der Waals surface area contributed by atoms with Gasteiger partial charge in [-0.2, -0.15) is 0 Å². The standard InChI is InChI=1S/C9H13NO3/c1-5(2)3-7(11)6-4-8(12)10-9(6)13/h4-5,7,11H,3H2,1-2H3,(H,10,12,13). The third-order valence-electron chi connectivity index (χ3n) is 1.84. The number of nitrogens with one attached hydrogen (secondary N) is 1.